The molecule has 0 amide bonds. The summed E-state index contributed by atoms with van der Waals surface area (Å²) in [6, 6.07) is 2.18. The van der Waals surface area contributed by atoms with Crippen molar-refractivity contribution in [3.63, 3.8) is 0 Å². The van der Waals surface area contributed by atoms with Gasteiger partial charge in [-0.15, -0.1) is 11.3 Å². The molecule has 21 heavy (non-hydrogen) atoms. The third-order valence-corrected chi connectivity index (χ3v) is 5.24. The lowest BCUT2D eigenvalue weighted by Crippen LogP contribution is -2.07. The van der Waals surface area contributed by atoms with Gasteiger partial charge in [0.1, 0.15) is 10.6 Å². The molecule has 0 unspecified atom stereocenters. The predicted molar refractivity (Wildman–Crippen MR) is 91.4 cm³/mol. The molecular formula is C16H24N4S. The third-order valence-electron chi connectivity index (χ3n) is 4.30. The second kappa shape index (κ2) is 6.60. The molecule has 2 aromatic rings. The van der Waals surface area contributed by atoms with Gasteiger partial charge in [-0.3, -0.25) is 0 Å². The first kappa shape index (κ1) is 14.6. The Labute approximate surface area is 130 Å². The standard InChI is InChI=1S/C16H24N4S/c1-11-10-13-14(19-16(17-2)20-15(13)21-11)18-9-5-8-12-6-3-4-7-12/h10,12H,3-9H2,1-2H3,(H2,17,18,19,20). The Morgan fingerprint density at radius 2 is 2.10 bits per heavy atom. The van der Waals surface area contributed by atoms with Crippen LogP contribution in [-0.4, -0.2) is 23.6 Å². The highest BCUT2D eigenvalue weighted by atomic mass is 32.1. The van der Waals surface area contributed by atoms with Crippen molar-refractivity contribution in [2.75, 3.05) is 24.2 Å². The summed E-state index contributed by atoms with van der Waals surface area (Å²) in [7, 11) is 1.87. The topological polar surface area (TPSA) is 49.8 Å². The van der Waals surface area contributed by atoms with Crippen molar-refractivity contribution in [2.24, 2.45) is 5.92 Å². The van der Waals surface area contributed by atoms with E-state index in [9.17, 15) is 0 Å². The number of hydrogen-bond acceptors (Lipinski definition) is 5. The molecule has 2 N–H and O–H groups in total. The molecule has 5 heteroatoms. The molecule has 0 radical (unpaired) electrons. The molecule has 0 spiro atoms. The van der Waals surface area contributed by atoms with E-state index in [1.165, 1.54) is 43.4 Å². The fourth-order valence-electron chi connectivity index (χ4n) is 3.19. The second-order valence-corrected chi connectivity index (χ2v) is 7.18. The van der Waals surface area contributed by atoms with Crippen molar-refractivity contribution >= 4 is 33.3 Å². The lowest BCUT2D eigenvalue weighted by molar-refractivity contribution is 0.491. The zero-order valence-corrected chi connectivity index (χ0v) is 13.7. The maximum Gasteiger partial charge on any atom is 0.225 e. The highest BCUT2D eigenvalue weighted by molar-refractivity contribution is 7.18. The number of hydrogen-bond donors (Lipinski definition) is 2. The maximum atomic E-state index is 4.58. The van der Waals surface area contributed by atoms with Gasteiger partial charge < -0.3 is 10.6 Å². The van der Waals surface area contributed by atoms with Crippen LogP contribution < -0.4 is 10.6 Å². The fraction of sp³-hybridized carbons (Fsp3) is 0.625. The predicted octanol–water partition coefficient (Wildman–Crippen LogP) is 4.42. The van der Waals surface area contributed by atoms with E-state index in [1.807, 2.05) is 7.05 Å². The number of aryl methyl sites for hydroxylation is 1. The van der Waals surface area contributed by atoms with Crippen molar-refractivity contribution in [3.8, 4) is 0 Å². The van der Waals surface area contributed by atoms with Crippen LogP contribution in [0.3, 0.4) is 0 Å². The SMILES string of the molecule is CNc1nc(NCCCC2CCCC2)c2cc(C)sc2n1. The summed E-state index contributed by atoms with van der Waals surface area (Å²) in [6.45, 7) is 3.12. The monoisotopic (exact) mass is 304 g/mol. The van der Waals surface area contributed by atoms with Gasteiger partial charge in [0, 0.05) is 18.5 Å². The highest BCUT2D eigenvalue weighted by Crippen LogP contribution is 2.30. The van der Waals surface area contributed by atoms with E-state index in [0.29, 0.717) is 5.95 Å². The summed E-state index contributed by atoms with van der Waals surface area (Å²) < 4.78 is 0. The first-order chi connectivity index (χ1) is 10.3. The molecule has 3 rings (SSSR count). The van der Waals surface area contributed by atoms with Crippen LogP contribution in [0.15, 0.2) is 6.07 Å². The van der Waals surface area contributed by atoms with E-state index in [4.69, 9.17) is 0 Å². The minimum atomic E-state index is 0.697. The second-order valence-electron chi connectivity index (χ2n) is 5.94. The zero-order valence-electron chi connectivity index (χ0n) is 12.9. The van der Waals surface area contributed by atoms with Crippen LogP contribution in [0.1, 0.15) is 43.4 Å². The minimum Gasteiger partial charge on any atom is -0.369 e. The Hall–Kier alpha value is -1.36. The Bertz CT molecular complexity index is 602. The summed E-state index contributed by atoms with van der Waals surface area (Å²) in [4.78, 5) is 11.4. The van der Waals surface area contributed by atoms with Crippen LogP contribution in [0, 0.1) is 12.8 Å². The molecule has 1 fully saturated rings. The Morgan fingerprint density at radius 1 is 1.29 bits per heavy atom. The van der Waals surface area contributed by atoms with Gasteiger partial charge in [0.2, 0.25) is 5.95 Å². The maximum absolute atomic E-state index is 4.58. The number of thiophene rings is 1. The van der Waals surface area contributed by atoms with Gasteiger partial charge in [-0.1, -0.05) is 25.7 Å². The number of rotatable bonds is 6. The fourth-order valence-corrected chi connectivity index (χ4v) is 4.06. The Kier molecular flexibility index (Phi) is 4.58. The largest absolute Gasteiger partial charge is 0.369 e. The van der Waals surface area contributed by atoms with Crippen molar-refractivity contribution in [1.82, 2.24) is 9.97 Å². The first-order valence-corrected chi connectivity index (χ1v) is 8.77. The molecule has 1 aliphatic rings. The van der Waals surface area contributed by atoms with Gasteiger partial charge in [-0.05, 0) is 31.7 Å². The van der Waals surface area contributed by atoms with Crippen LogP contribution in [0.5, 0.6) is 0 Å². The number of fused-ring (bicyclic) bond motifs is 1. The summed E-state index contributed by atoms with van der Waals surface area (Å²) >= 11 is 1.72. The molecule has 4 nitrogen and oxygen atoms in total. The summed E-state index contributed by atoms with van der Waals surface area (Å²) in [5, 5.41) is 7.71. The minimum absolute atomic E-state index is 0.697. The highest BCUT2D eigenvalue weighted by Gasteiger charge is 2.14. The average Bonchev–Trinajstić information content (AvgIpc) is 3.11. The summed E-state index contributed by atoms with van der Waals surface area (Å²) in [5.41, 5.74) is 0. The van der Waals surface area contributed by atoms with Crippen molar-refractivity contribution in [3.05, 3.63) is 10.9 Å². The van der Waals surface area contributed by atoms with Crippen molar-refractivity contribution in [1.29, 1.82) is 0 Å². The number of anilines is 2. The van der Waals surface area contributed by atoms with E-state index >= 15 is 0 Å². The number of nitrogens with one attached hydrogen (secondary N) is 2. The van der Waals surface area contributed by atoms with E-state index < -0.39 is 0 Å². The number of nitrogens with zero attached hydrogens (tertiary/aromatic N) is 2. The molecule has 114 valence electrons. The van der Waals surface area contributed by atoms with Gasteiger partial charge in [-0.2, -0.15) is 4.98 Å². The van der Waals surface area contributed by atoms with E-state index in [0.717, 1.165) is 28.5 Å². The van der Waals surface area contributed by atoms with Crippen LogP contribution in [0.2, 0.25) is 0 Å². The smallest absolute Gasteiger partial charge is 0.225 e. The molecule has 0 atom stereocenters. The molecule has 2 aromatic heterocycles. The van der Waals surface area contributed by atoms with Crippen LogP contribution in [0.25, 0.3) is 10.2 Å². The van der Waals surface area contributed by atoms with Gasteiger partial charge in [-0.25, -0.2) is 4.98 Å². The lowest BCUT2D eigenvalue weighted by atomic mass is 10.0. The van der Waals surface area contributed by atoms with E-state index in [1.54, 1.807) is 11.3 Å². The van der Waals surface area contributed by atoms with Gasteiger partial charge in [0.05, 0.1) is 5.39 Å². The van der Waals surface area contributed by atoms with Crippen LogP contribution in [0.4, 0.5) is 11.8 Å². The molecular weight excluding hydrogens is 280 g/mol. The third kappa shape index (κ3) is 3.46. The quantitative estimate of drug-likeness (QED) is 0.775. The molecule has 0 bridgehead atoms. The molecule has 0 aromatic carbocycles. The summed E-state index contributed by atoms with van der Waals surface area (Å²) in [6.07, 6.45) is 8.32. The van der Waals surface area contributed by atoms with Crippen LogP contribution >= 0.6 is 11.3 Å². The molecule has 1 saturated carbocycles. The molecule has 0 aliphatic heterocycles. The van der Waals surface area contributed by atoms with E-state index in [2.05, 4.69) is 33.6 Å². The zero-order chi connectivity index (χ0) is 14.7. The Balaban J connectivity index is 1.64. The van der Waals surface area contributed by atoms with Gasteiger partial charge >= 0.3 is 0 Å². The number of aromatic nitrogens is 2. The Morgan fingerprint density at radius 3 is 2.86 bits per heavy atom. The first-order valence-electron chi connectivity index (χ1n) is 7.96. The normalized spacial score (nSPS) is 15.7. The van der Waals surface area contributed by atoms with Gasteiger partial charge in [0.15, 0.2) is 0 Å². The van der Waals surface area contributed by atoms with Crippen molar-refractivity contribution < 1.29 is 0 Å². The molecule has 0 saturated heterocycles. The molecule has 2 heterocycles. The van der Waals surface area contributed by atoms with Gasteiger partial charge in [0.25, 0.3) is 0 Å². The van der Waals surface area contributed by atoms with E-state index in [-0.39, 0.29) is 0 Å². The lowest BCUT2D eigenvalue weighted by Gasteiger charge is -2.11. The van der Waals surface area contributed by atoms with Crippen molar-refractivity contribution in [2.45, 2.75) is 45.4 Å². The van der Waals surface area contributed by atoms with Crippen LogP contribution in [-0.2, 0) is 0 Å². The summed E-state index contributed by atoms with van der Waals surface area (Å²) in [5.74, 6) is 2.64. The molecule has 1 aliphatic carbocycles. The average molecular weight is 304 g/mol.